The third-order valence-electron chi connectivity index (χ3n) is 2.26. The molecule has 0 bridgehead atoms. The Kier molecular flexibility index (Phi) is 8.63. The highest BCUT2D eigenvalue weighted by Crippen LogP contribution is 2.14. The van der Waals surface area contributed by atoms with Crippen LogP contribution in [0.25, 0.3) is 5.82 Å². The maximum Gasteiger partial charge on any atom is 0.271 e. The predicted octanol–water partition coefficient (Wildman–Crippen LogP) is 1.57. The van der Waals surface area contributed by atoms with E-state index in [0.29, 0.717) is 17.9 Å². The van der Waals surface area contributed by atoms with E-state index in [1.807, 2.05) is 6.92 Å². The zero-order chi connectivity index (χ0) is 17.1. The Balaban J connectivity index is 0.000000789. The molecule has 0 unspecified atom stereocenters. The van der Waals surface area contributed by atoms with Crippen LogP contribution in [0.1, 0.15) is 43.4 Å². The van der Waals surface area contributed by atoms with E-state index in [4.69, 9.17) is 11.5 Å². The Labute approximate surface area is 130 Å². The summed E-state index contributed by atoms with van der Waals surface area (Å²) in [6.07, 6.45) is 13.2. The number of aryl methyl sites for hydroxylation is 1. The standard InChI is InChI=1S/C10H12N6O.C3H8.C2H2/c1-2-6-10(16-5-3-4-13-16)15-8(11)7(14-6)9(12)17;1-3-2;1-2/h3-5H,2H2,1H3,(H2,11,15)(H2,12,17);3H2,1-2H3;1-2H. The highest BCUT2D eigenvalue weighted by molar-refractivity contribution is 5.95. The molecule has 0 atom stereocenters. The minimum absolute atomic E-state index is 0.00208. The maximum atomic E-state index is 11.1. The second kappa shape index (κ2) is 9.94. The third kappa shape index (κ3) is 4.90. The lowest BCUT2D eigenvalue weighted by atomic mass is 10.3. The molecule has 0 aliphatic heterocycles. The molecule has 0 saturated carbocycles. The van der Waals surface area contributed by atoms with Crippen molar-refractivity contribution in [1.82, 2.24) is 19.7 Å². The number of aromatic nitrogens is 4. The zero-order valence-corrected chi connectivity index (χ0v) is 13.2. The van der Waals surface area contributed by atoms with Crippen LogP contribution in [-0.4, -0.2) is 25.7 Å². The fraction of sp³-hybridized carbons (Fsp3) is 0.333. The van der Waals surface area contributed by atoms with E-state index >= 15 is 0 Å². The van der Waals surface area contributed by atoms with Crippen molar-refractivity contribution in [3.63, 3.8) is 0 Å². The number of hydrogen-bond acceptors (Lipinski definition) is 5. The number of nitrogen functional groups attached to an aromatic ring is 1. The first-order valence-corrected chi connectivity index (χ1v) is 6.84. The van der Waals surface area contributed by atoms with Gasteiger partial charge in [0.05, 0.1) is 5.69 Å². The maximum absolute atomic E-state index is 11.1. The summed E-state index contributed by atoms with van der Waals surface area (Å²) in [5.74, 6) is -0.156. The third-order valence-corrected chi connectivity index (χ3v) is 2.26. The van der Waals surface area contributed by atoms with Crippen LogP contribution in [0.5, 0.6) is 0 Å². The van der Waals surface area contributed by atoms with Gasteiger partial charge in [0.25, 0.3) is 5.91 Å². The molecule has 0 aliphatic carbocycles. The fourth-order valence-electron chi connectivity index (χ4n) is 1.47. The van der Waals surface area contributed by atoms with Crippen LogP contribution in [0.15, 0.2) is 18.5 Å². The zero-order valence-electron chi connectivity index (χ0n) is 13.2. The molecule has 0 saturated heterocycles. The molecule has 0 radical (unpaired) electrons. The lowest BCUT2D eigenvalue weighted by Gasteiger charge is -2.09. The van der Waals surface area contributed by atoms with Gasteiger partial charge in [-0.15, -0.1) is 12.8 Å². The number of carbonyl (C=O) groups excluding carboxylic acids is 1. The molecule has 2 aromatic heterocycles. The van der Waals surface area contributed by atoms with Crippen molar-refractivity contribution in [3.05, 3.63) is 29.8 Å². The molecule has 2 rings (SSSR count). The lowest BCUT2D eigenvalue weighted by molar-refractivity contribution is 0.0996. The molecule has 7 nitrogen and oxygen atoms in total. The second-order valence-corrected chi connectivity index (χ2v) is 4.10. The van der Waals surface area contributed by atoms with E-state index in [0.717, 1.165) is 0 Å². The summed E-state index contributed by atoms with van der Waals surface area (Å²) in [6.45, 7) is 6.15. The summed E-state index contributed by atoms with van der Waals surface area (Å²) in [6, 6.07) is 1.76. The number of terminal acetylenes is 1. The van der Waals surface area contributed by atoms with Crippen LogP contribution in [0.2, 0.25) is 0 Å². The average Bonchev–Trinajstić information content (AvgIpc) is 3.03. The Morgan fingerprint density at radius 2 is 1.86 bits per heavy atom. The predicted molar refractivity (Wildman–Crippen MR) is 87.3 cm³/mol. The fourth-order valence-corrected chi connectivity index (χ4v) is 1.47. The van der Waals surface area contributed by atoms with Gasteiger partial charge in [0.1, 0.15) is 0 Å². The summed E-state index contributed by atoms with van der Waals surface area (Å²) >= 11 is 0. The Morgan fingerprint density at radius 3 is 2.27 bits per heavy atom. The van der Waals surface area contributed by atoms with Crippen LogP contribution in [0.3, 0.4) is 0 Å². The number of nitrogens with two attached hydrogens (primary N) is 2. The smallest absolute Gasteiger partial charge is 0.271 e. The molecule has 4 N–H and O–H groups in total. The van der Waals surface area contributed by atoms with Gasteiger partial charge in [-0.25, -0.2) is 14.6 Å². The highest BCUT2D eigenvalue weighted by Gasteiger charge is 2.15. The van der Waals surface area contributed by atoms with Crippen LogP contribution >= 0.6 is 0 Å². The van der Waals surface area contributed by atoms with Gasteiger partial charge in [0.2, 0.25) is 0 Å². The van der Waals surface area contributed by atoms with E-state index in [1.165, 1.54) is 6.42 Å². The minimum atomic E-state index is -0.684. The van der Waals surface area contributed by atoms with Crippen LogP contribution in [0.4, 0.5) is 5.82 Å². The van der Waals surface area contributed by atoms with Crippen molar-refractivity contribution in [2.75, 3.05) is 5.73 Å². The van der Waals surface area contributed by atoms with E-state index < -0.39 is 5.91 Å². The van der Waals surface area contributed by atoms with Gasteiger partial charge in [-0.2, -0.15) is 5.10 Å². The van der Waals surface area contributed by atoms with Crippen molar-refractivity contribution in [1.29, 1.82) is 0 Å². The van der Waals surface area contributed by atoms with Crippen molar-refractivity contribution in [2.45, 2.75) is 33.6 Å². The van der Waals surface area contributed by atoms with Gasteiger partial charge in [-0.3, -0.25) is 4.79 Å². The van der Waals surface area contributed by atoms with Gasteiger partial charge < -0.3 is 11.5 Å². The number of rotatable bonds is 3. The molecule has 0 fully saturated rings. The quantitative estimate of drug-likeness (QED) is 0.836. The van der Waals surface area contributed by atoms with Gasteiger partial charge >= 0.3 is 0 Å². The van der Waals surface area contributed by atoms with E-state index in [1.54, 1.807) is 23.1 Å². The Morgan fingerprint density at radius 1 is 1.27 bits per heavy atom. The number of primary amides is 1. The van der Waals surface area contributed by atoms with Gasteiger partial charge in [-0.05, 0) is 12.5 Å². The lowest BCUT2D eigenvalue weighted by Crippen LogP contribution is -2.19. The number of nitrogens with zero attached hydrogens (tertiary/aromatic N) is 4. The van der Waals surface area contributed by atoms with Crippen LogP contribution in [-0.2, 0) is 6.42 Å². The molecule has 118 valence electrons. The minimum Gasteiger partial charge on any atom is -0.382 e. The summed E-state index contributed by atoms with van der Waals surface area (Å²) < 4.78 is 1.55. The highest BCUT2D eigenvalue weighted by atomic mass is 16.1. The first kappa shape index (κ1) is 19.1. The number of anilines is 1. The second-order valence-electron chi connectivity index (χ2n) is 4.10. The van der Waals surface area contributed by atoms with E-state index in [-0.39, 0.29) is 11.5 Å². The van der Waals surface area contributed by atoms with Crippen LogP contribution in [0, 0.1) is 12.8 Å². The number of hydrogen-bond donors (Lipinski definition) is 2. The molecular weight excluding hydrogens is 280 g/mol. The molecule has 0 spiro atoms. The summed E-state index contributed by atoms with van der Waals surface area (Å²) in [5.41, 5.74) is 11.4. The first-order chi connectivity index (χ1) is 10.5. The summed E-state index contributed by atoms with van der Waals surface area (Å²) in [7, 11) is 0. The molecule has 0 aromatic carbocycles. The average molecular weight is 302 g/mol. The Hall–Kier alpha value is -2.88. The molecule has 2 heterocycles. The molecule has 2 aromatic rings. The van der Waals surface area contributed by atoms with Gasteiger partial charge in [0, 0.05) is 12.4 Å². The number of carbonyl (C=O) groups is 1. The monoisotopic (exact) mass is 302 g/mol. The van der Waals surface area contributed by atoms with Crippen molar-refractivity contribution < 1.29 is 4.79 Å². The topological polar surface area (TPSA) is 113 Å². The summed E-state index contributed by atoms with van der Waals surface area (Å²) in [5, 5.41) is 4.05. The van der Waals surface area contributed by atoms with Crippen LogP contribution < -0.4 is 11.5 Å². The summed E-state index contributed by atoms with van der Waals surface area (Å²) in [4.78, 5) is 19.4. The normalized spacial score (nSPS) is 8.95. The van der Waals surface area contributed by atoms with Gasteiger partial charge in [-0.1, -0.05) is 27.2 Å². The van der Waals surface area contributed by atoms with Crippen molar-refractivity contribution in [2.24, 2.45) is 5.73 Å². The molecule has 22 heavy (non-hydrogen) atoms. The Bertz CT molecular complexity index is 604. The molecular formula is C15H22N6O. The van der Waals surface area contributed by atoms with E-state index in [2.05, 4.69) is 41.8 Å². The van der Waals surface area contributed by atoms with Crippen molar-refractivity contribution in [3.8, 4) is 18.7 Å². The largest absolute Gasteiger partial charge is 0.382 e. The van der Waals surface area contributed by atoms with Gasteiger partial charge in [0.15, 0.2) is 17.3 Å². The first-order valence-electron chi connectivity index (χ1n) is 6.84. The SMILES string of the molecule is C#C.CCC.CCc1nc(C(N)=O)c(N)nc1-n1cccn1. The van der Waals surface area contributed by atoms with E-state index in [9.17, 15) is 4.79 Å². The molecule has 0 aliphatic rings. The molecule has 7 heteroatoms. The number of amides is 1. The molecule has 1 amide bonds. The van der Waals surface area contributed by atoms with Crippen molar-refractivity contribution >= 4 is 11.7 Å².